The third-order valence-corrected chi connectivity index (χ3v) is 4.20. The predicted octanol–water partition coefficient (Wildman–Crippen LogP) is 3.44. The van der Waals surface area contributed by atoms with Crippen molar-refractivity contribution in [2.24, 2.45) is 5.73 Å². The van der Waals surface area contributed by atoms with Crippen LogP contribution in [0.25, 0.3) is 0 Å². The number of hydrogen-bond donors (Lipinski definition) is 1. The second-order valence-electron chi connectivity index (χ2n) is 4.95. The van der Waals surface area contributed by atoms with Gasteiger partial charge in [0.25, 0.3) is 0 Å². The lowest BCUT2D eigenvalue weighted by molar-refractivity contribution is 0.221. The van der Waals surface area contributed by atoms with Crippen LogP contribution in [0.15, 0.2) is 45.7 Å². The summed E-state index contributed by atoms with van der Waals surface area (Å²) in [6.07, 6.45) is 2.08. The number of furan rings is 1. The molecule has 0 saturated heterocycles. The summed E-state index contributed by atoms with van der Waals surface area (Å²) in [6, 6.07) is 12.8. The Bertz CT molecular complexity index is 536. The zero-order valence-corrected chi connectivity index (χ0v) is 13.1. The zero-order chi connectivity index (χ0) is 14.5. The number of rotatable bonds is 6. The van der Waals surface area contributed by atoms with Gasteiger partial charge in [-0.15, -0.1) is 11.8 Å². The molecule has 4 heteroatoms. The van der Waals surface area contributed by atoms with Gasteiger partial charge in [0.05, 0.1) is 6.54 Å². The second-order valence-corrected chi connectivity index (χ2v) is 5.83. The minimum absolute atomic E-state index is 0.205. The van der Waals surface area contributed by atoms with E-state index in [1.54, 1.807) is 11.8 Å². The molecule has 1 heterocycles. The number of nitrogens with two attached hydrogens (primary N) is 1. The van der Waals surface area contributed by atoms with Gasteiger partial charge in [-0.3, -0.25) is 4.90 Å². The molecule has 0 bridgehead atoms. The van der Waals surface area contributed by atoms with Crippen molar-refractivity contribution in [2.45, 2.75) is 24.4 Å². The monoisotopic (exact) mass is 290 g/mol. The lowest BCUT2D eigenvalue weighted by Gasteiger charge is -2.26. The summed E-state index contributed by atoms with van der Waals surface area (Å²) in [5.74, 6) is 1.92. The molecule has 2 aromatic rings. The standard InChI is InChI=1S/C16H22N2OS/c1-12-4-7-14(19-12)11-18(2)16(10-17)13-5-8-15(20-3)9-6-13/h4-9,16H,10-11,17H2,1-3H3. The molecule has 1 aromatic heterocycles. The van der Waals surface area contributed by atoms with Crippen molar-refractivity contribution in [3.8, 4) is 0 Å². The highest BCUT2D eigenvalue weighted by Gasteiger charge is 2.16. The minimum Gasteiger partial charge on any atom is -0.465 e. The van der Waals surface area contributed by atoms with E-state index in [0.29, 0.717) is 6.54 Å². The van der Waals surface area contributed by atoms with Crippen LogP contribution in [0, 0.1) is 6.92 Å². The van der Waals surface area contributed by atoms with Crippen molar-refractivity contribution in [1.82, 2.24) is 4.90 Å². The zero-order valence-electron chi connectivity index (χ0n) is 12.3. The number of nitrogens with zero attached hydrogens (tertiary/aromatic N) is 1. The molecule has 2 rings (SSSR count). The second kappa shape index (κ2) is 6.97. The highest BCUT2D eigenvalue weighted by atomic mass is 32.2. The third-order valence-electron chi connectivity index (χ3n) is 3.46. The molecule has 108 valence electrons. The molecule has 1 aromatic carbocycles. The van der Waals surface area contributed by atoms with Gasteiger partial charge in [0, 0.05) is 17.5 Å². The van der Waals surface area contributed by atoms with Crippen LogP contribution in [0.4, 0.5) is 0 Å². The van der Waals surface area contributed by atoms with Crippen molar-refractivity contribution in [1.29, 1.82) is 0 Å². The van der Waals surface area contributed by atoms with Crippen molar-refractivity contribution in [3.05, 3.63) is 53.5 Å². The minimum atomic E-state index is 0.205. The molecule has 0 aliphatic heterocycles. The Morgan fingerprint density at radius 3 is 2.40 bits per heavy atom. The molecule has 2 N–H and O–H groups in total. The van der Waals surface area contributed by atoms with Gasteiger partial charge in [-0.1, -0.05) is 12.1 Å². The molecule has 0 saturated carbocycles. The molecule has 0 amide bonds. The Hall–Kier alpha value is -1.23. The fourth-order valence-corrected chi connectivity index (χ4v) is 2.73. The molecule has 0 spiro atoms. The Kier molecular flexibility index (Phi) is 5.29. The van der Waals surface area contributed by atoms with Crippen LogP contribution in [-0.4, -0.2) is 24.7 Å². The number of benzene rings is 1. The summed E-state index contributed by atoms with van der Waals surface area (Å²) in [7, 11) is 2.08. The average Bonchev–Trinajstić information content (AvgIpc) is 2.85. The van der Waals surface area contributed by atoms with E-state index in [1.807, 2.05) is 19.1 Å². The normalized spacial score (nSPS) is 12.8. The molecule has 20 heavy (non-hydrogen) atoms. The topological polar surface area (TPSA) is 42.4 Å². The Morgan fingerprint density at radius 2 is 1.90 bits per heavy atom. The highest BCUT2D eigenvalue weighted by molar-refractivity contribution is 7.98. The van der Waals surface area contributed by atoms with Gasteiger partial charge in [0.15, 0.2) is 0 Å². The number of thioether (sulfide) groups is 1. The van der Waals surface area contributed by atoms with Gasteiger partial charge in [0.2, 0.25) is 0 Å². The Balaban J connectivity index is 2.09. The summed E-state index contributed by atoms with van der Waals surface area (Å²) in [5, 5.41) is 0. The first-order chi connectivity index (χ1) is 9.63. The average molecular weight is 290 g/mol. The molecule has 0 radical (unpaired) electrons. The third kappa shape index (κ3) is 3.66. The van der Waals surface area contributed by atoms with E-state index in [2.05, 4.69) is 42.5 Å². The van der Waals surface area contributed by atoms with Crippen LogP contribution in [0.2, 0.25) is 0 Å². The molecule has 1 atom stereocenters. The van der Waals surface area contributed by atoms with Crippen LogP contribution in [0.1, 0.15) is 23.1 Å². The van der Waals surface area contributed by atoms with Gasteiger partial charge in [-0.25, -0.2) is 0 Å². The van der Waals surface area contributed by atoms with Gasteiger partial charge in [-0.2, -0.15) is 0 Å². The lowest BCUT2D eigenvalue weighted by atomic mass is 10.1. The van der Waals surface area contributed by atoms with Gasteiger partial charge in [0.1, 0.15) is 11.5 Å². The molecule has 0 aliphatic carbocycles. The van der Waals surface area contributed by atoms with Gasteiger partial charge >= 0.3 is 0 Å². The first-order valence-electron chi connectivity index (χ1n) is 6.73. The SMILES string of the molecule is CSc1ccc(C(CN)N(C)Cc2ccc(C)o2)cc1. The smallest absolute Gasteiger partial charge is 0.118 e. The summed E-state index contributed by atoms with van der Waals surface area (Å²) in [4.78, 5) is 3.50. The summed E-state index contributed by atoms with van der Waals surface area (Å²) >= 11 is 1.75. The predicted molar refractivity (Wildman–Crippen MR) is 84.9 cm³/mol. The van der Waals surface area contributed by atoms with E-state index in [0.717, 1.165) is 18.1 Å². The number of hydrogen-bond acceptors (Lipinski definition) is 4. The fraction of sp³-hybridized carbons (Fsp3) is 0.375. The molecule has 1 unspecified atom stereocenters. The van der Waals surface area contributed by atoms with Crippen LogP contribution in [-0.2, 0) is 6.54 Å². The van der Waals surface area contributed by atoms with Gasteiger partial charge in [-0.05, 0) is 50.1 Å². The van der Waals surface area contributed by atoms with Gasteiger partial charge < -0.3 is 10.2 Å². The maximum atomic E-state index is 5.96. The summed E-state index contributed by atoms with van der Waals surface area (Å²) < 4.78 is 5.64. The summed E-state index contributed by atoms with van der Waals surface area (Å²) in [6.45, 7) is 3.32. The fourth-order valence-electron chi connectivity index (χ4n) is 2.32. The van der Waals surface area contributed by atoms with E-state index < -0.39 is 0 Å². The highest BCUT2D eigenvalue weighted by Crippen LogP contribution is 2.23. The van der Waals surface area contributed by atoms with Crippen molar-refractivity contribution < 1.29 is 4.42 Å². The lowest BCUT2D eigenvalue weighted by Crippen LogP contribution is -2.30. The molecule has 0 aliphatic rings. The van der Waals surface area contributed by atoms with Crippen molar-refractivity contribution >= 4 is 11.8 Å². The maximum Gasteiger partial charge on any atom is 0.118 e. The molecular weight excluding hydrogens is 268 g/mol. The molecular formula is C16H22N2OS. The van der Waals surface area contributed by atoms with Crippen molar-refractivity contribution in [3.63, 3.8) is 0 Å². The van der Waals surface area contributed by atoms with Crippen LogP contribution >= 0.6 is 11.8 Å². The van der Waals surface area contributed by atoms with Crippen molar-refractivity contribution in [2.75, 3.05) is 19.8 Å². The first-order valence-corrected chi connectivity index (χ1v) is 7.96. The number of aryl methyl sites for hydroxylation is 1. The van der Waals surface area contributed by atoms with Crippen LogP contribution in [0.5, 0.6) is 0 Å². The number of likely N-dealkylation sites (N-methyl/N-ethyl adjacent to an activating group) is 1. The quantitative estimate of drug-likeness (QED) is 0.828. The van der Waals surface area contributed by atoms with E-state index >= 15 is 0 Å². The van der Waals surface area contributed by atoms with Crippen LogP contribution in [0.3, 0.4) is 0 Å². The van der Waals surface area contributed by atoms with E-state index in [4.69, 9.17) is 10.2 Å². The maximum absolute atomic E-state index is 5.96. The molecule has 0 fully saturated rings. The van der Waals surface area contributed by atoms with E-state index in [9.17, 15) is 0 Å². The molecule has 3 nitrogen and oxygen atoms in total. The largest absolute Gasteiger partial charge is 0.465 e. The van der Waals surface area contributed by atoms with E-state index in [1.165, 1.54) is 10.5 Å². The summed E-state index contributed by atoms with van der Waals surface area (Å²) in [5.41, 5.74) is 7.20. The van der Waals surface area contributed by atoms with Crippen LogP contribution < -0.4 is 5.73 Å². The Morgan fingerprint density at radius 1 is 1.20 bits per heavy atom. The Labute approximate surface area is 125 Å². The van der Waals surface area contributed by atoms with E-state index in [-0.39, 0.29) is 6.04 Å². The first kappa shape index (κ1) is 15.2.